The van der Waals surface area contributed by atoms with Gasteiger partial charge in [-0.1, -0.05) is 49.2 Å². The molecule has 26 heavy (non-hydrogen) atoms. The smallest absolute Gasteiger partial charge is 0.0316 e. The summed E-state index contributed by atoms with van der Waals surface area (Å²) in [5.74, 6) is 1.42. The summed E-state index contributed by atoms with van der Waals surface area (Å²) in [6.45, 7) is 4.69. The molecular weight excluding hydrogens is 316 g/mol. The van der Waals surface area contributed by atoms with Gasteiger partial charge in [0.2, 0.25) is 0 Å². The molecule has 1 aliphatic carbocycles. The third-order valence-electron chi connectivity index (χ3n) is 6.69. The number of nitrogens with zero attached hydrogens (tertiary/aromatic N) is 1. The molecule has 1 aliphatic heterocycles. The Labute approximate surface area is 158 Å². The third kappa shape index (κ3) is 3.66. The lowest BCUT2D eigenvalue weighted by atomic mass is 9.77. The molecule has 1 saturated carbocycles. The minimum atomic E-state index is 0.700. The maximum absolute atomic E-state index is 5.94. The van der Waals surface area contributed by atoms with Gasteiger partial charge in [-0.25, -0.2) is 0 Å². The Kier molecular flexibility index (Phi) is 5.31. The standard InChI is InChI=1S/C24H32N2/c1-18-17-21(25)11-12-22(18)20-13-15-26(16-14-20)24-10-6-5-9-23(24)19-7-3-2-4-8-19/h2-4,7-8,11-12,17,20,23-24H,5-6,9-10,13-16,25H2,1H3/t23-,24-/m1/s1. The van der Waals surface area contributed by atoms with Crippen molar-refractivity contribution in [3.05, 3.63) is 65.2 Å². The predicted molar refractivity (Wildman–Crippen MR) is 111 cm³/mol. The molecule has 0 amide bonds. The molecule has 138 valence electrons. The van der Waals surface area contributed by atoms with Gasteiger partial charge in [0.05, 0.1) is 0 Å². The Balaban J connectivity index is 1.44. The Morgan fingerprint density at radius 1 is 0.885 bits per heavy atom. The number of benzene rings is 2. The van der Waals surface area contributed by atoms with E-state index in [1.807, 2.05) is 0 Å². The van der Waals surface area contributed by atoms with Gasteiger partial charge in [0.15, 0.2) is 0 Å². The van der Waals surface area contributed by atoms with Crippen molar-refractivity contribution in [1.29, 1.82) is 0 Å². The molecule has 2 aromatic carbocycles. The number of hydrogen-bond acceptors (Lipinski definition) is 2. The number of nitrogens with two attached hydrogens (primary N) is 1. The average Bonchev–Trinajstić information content (AvgIpc) is 2.69. The highest BCUT2D eigenvalue weighted by molar-refractivity contribution is 5.45. The molecule has 1 heterocycles. The lowest BCUT2D eigenvalue weighted by Gasteiger charge is -2.44. The van der Waals surface area contributed by atoms with Crippen molar-refractivity contribution in [2.75, 3.05) is 18.8 Å². The molecule has 0 aromatic heterocycles. The molecule has 4 rings (SSSR count). The van der Waals surface area contributed by atoms with E-state index in [-0.39, 0.29) is 0 Å². The van der Waals surface area contributed by atoms with E-state index < -0.39 is 0 Å². The molecule has 0 spiro atoms. The van der Waals surface area contributed by atoms with Crippen LogP contribution >= 0.6 is 0 Å². The van der Waals surface area contributed by atoms with Crippen LogP contribution in [-0.2, 0) is 0 Å². The fourth-order valence-electron chi connectivity index (χ4n) is 5.34. The molecule has 2 fully saturated rings. The minimum Gasteiger partial charge on any atom is -0.399 e. The summed E-state index contributed by atoms with van der Waals surface area (Å²) >= 11 is 0. The van der Waals surface area contributed by atoms with E-state index in [4.69, 9.17) is 5.73 Å². The van der Waals surface area contributed by atoms with E-state index in [1.54, 1.807) is 5.56 Å². The van der Waals surface area contributed by atoms with Crippen LogP contribution in [0.25, 0.3) is 0 Å². The number of aryl methyl sites for hydroxylation is 1. The zero-order chi connectivity index (χ0) is 17.9. The summed E-state index contributed by atoms with van der Waals surface area (Å²) in [6, 6.07) is 18.4. The van der Waals surface area contributed by atoms with Crippen molar-refractivity contribution in [2.24, 2.45) is 0 Å². The van der Waals surface area contributed by atoms with Gasteiger partial charge in [-0.05, 0) is 86.4 Å². The molecule has 1 saturated heterocycles. The molecule has 0 unspecified atom stereocenters. The normalized spacial score (nSPS) is 25.3. The fraction of sp³-hybridized carbons (Fsp3) is 0.500. The summed E-state index contributed by atoms with van der Waals surface area (Å²) < 4.78 is 0. The van der Waals surface area contributed by atoms with Gasteiger partial charge in [-0.3, -0.25) is 4.90 Å². The van der Waals surface area contributed by atoms with Crippen LogP contribution in [0.15, 0.2) is 48.5 Å². The van der Waals surface area contributed by atoms with E-state index >= 15 is 0 Å². The van der Waals surface area contributed by atoms with Crippen molar-refractivity contribution in [2.45, 2.75) is 63.3 Å². The molecule has 2 aliphatic rings. The highest BCUT2D eigenvalue weighted by Crippen LogP contribution is 2.39. The first kappa shape index (κ1) is 17.6. The molecule has 0 radical (unpaired) electrons. The van der Waals surface area contributed by atoms with Gasteiger partial charge < -0.3 is 5.73 Å². The number of rotatable bonds is 3. The Morgan fingerprint density at radius 3 is 2.35 bits per heavy atom. The number of anilines is 1. The van der Waals surface area contributed by atoms with Crippen LogP contribution in [-0.4, -0.2) is 24.0 Å². The molecule has 2 N–H and O–H groups in total. The Morgan fingerprint density at radius 2 is 1.62 bits per heavy atom. The molecule has 2 atom stereocenters. The number of piperidine rings is 1. The van der Waals surface area contributed by atoms with Crippen LogP contribution < -0.4 is 5.73 Å². The number of likely N-dealkylation sites (tertiary alicyclic amines) is 1. The summed E-state index contributed by atoms with van der Waals surface area (Å²) in [6.07, 6.45) is 8.06. The third-order valence-corrected chi connectivity index (χ3v) is 6.69. The number of hydrogen-bond donors (Lipinski definition) is 1. The second-order valence-corrected chi connectivity index (χ2v) is 8.30. The van der Waals surface area contributed by atoms with Gasteiger partial charge in [-0.15, -0.1) is 0 Å². The SMILES string of the molecule is Cc1cc(N)ccc1C1CCN([C@@H]2CCCC[C@@H]2c2ccccc2)CC1. The van der Waals surface area contributed by atoms with Gasteiger partial charge in [0.25, 0.3) is 0 Å². The van der Waals surface area contributed by atoms with Gasteiger partial charge in [0.1, 0.15) is 0 Å². The first-order valence-corrected chi connectivity index (χ1v) is 10.4. The van der Waals surface area contributed by atoms with Crippen LogP contribution in [0.1, 0.15) is 67.1 Å². The molecule has 0 bridgehead atoms. The van der Waals surface area contributed by atoms with Crippen molar-refractivity contribution < 1.29 is 0 Å². The minimum absolute atomic E-state index is 0.700. The Hall–Kier alpha value is -1.80. The van der Waals surface area contributed by atoms with E-state index in [0.717, 1.165) is 17.6 Å². The van der Waals surface area contributed by atoms with Crippen molar-refractivity contribution >= 4 is 5.69 Å². The quantitative estimate of drug-likeness (QED) is 0.744. The molecular formula is C24H32N2. The van der Waals surface area contributed by atoms with Gasteiger partial charge in [-0.2, -0.15) is 0 Å². The predicted octanol–water partition coefficient (Wildman–Crippen LogP) is 5.48. The summed E-state index contributed by atoms with van der Waals surface area (Å²) in [4.78, 5) is 2.81. The monoisotopic (exact) mass is 348 g/mol. The van der Waals surface area contributed by atoms with Crippen LogP contribution in [0.5, 0.6) is 0 Å². The van der Waals surface area contributed by atoms with Crippen LogP contribution in [0.2, 0.25) is 0 Å². The largest absolute Gasteiger partial charge is 0.399 e. The first-order chi connectivity index (χ1) is 12.7. The van der Waals surface area contributed by atoms with Gasteiger partial charge in [0, 0.05) is 11.7 Å². The lowest BCUT2D eigenvalue weighted by Crippen LogP contribution is -2.45. The summed E-state index contributed by atoms with van der Waals surface area (Å²) in [5, 5.41) is 0. The van der Waals surface area contributed by atoms with E-state index in [1.165, 1.54) is 62.7 Å². The highest BCUT2D eigenvalue weighted by atomic mass is 15.2. The number of nitrogen functional groups attached to an aromatic ring is 1. The van der Waals surface area contributed by atoms with Crippen molar-refractivity contribution in [3.63, 3.8) is 0 Å². The summed E-state index contributed by atoms with van der Waals surface area (Å²) in [5.41, 5.74) is 11.3. The van der Waals surface area contributed by atoms with Crippen molar-refractivity contribution in [3.8, 4) is 0 Å². The summed E-state index contributed by atoms with van der Waals surface area (Å²) in [7, 11) is 0. The average molecular weight is 349 g/mol. The first-order valence-electron chi connectivity index (χ1n) is 10.4. The second kappa shape index (κ2) is 7.84. The zero-order valence-electron chi connectivity index (χ0n) is 16.0. The lowest BCUT2D eigenvalue weighted by molar-refractivity contribution is 0.105. The second-order valence-electron chi connectivity index (χ2n) is 8.30. The van der Waals surface area contributed by atoms with Crippen molar-refractivity contribution in [1.82, 2.24) is 4.90 Å². The highest BCUT2D eigenvalue weighted by Gasteiger charge is 2.33. The molecule has 2 nitrogen and oxygen atoms in total. The van der Waals surface area contributed by atoms with Crippen LogP contribution in [0, 0.1) is 6.92 Å². The Bertz CT molecular complexity index is 716. The van der Waals surface area contributed by atoms with Crippen LogP contribution in [0.3, 0.4) is 0 Å². The maximum atomic E-state index is 5.94. The fourth-order valence-corrected chi connectivity index (χ4v) is 5.34. The van der Waals surface area contributed by atoms with E-state index in [0.29, 0.717) is 5.92 Å². The maximum Gasteiger partial charge on any atom is 0.0316 e. The van der Waals surface area contributed by atoms with Crippen LogP contribution in [0.4, 0.5) is 5.69 Å². The molecule has 2 heteroatoms. The van der Waals surface area contributed by atoms with E-state index in [9.17, 15) is 0 Å². The van der Waals surface area contributed by atoms with Gasteiger partial charge >= 0.3 is 0 Å². The molecule has 2 aromatic rings. The zero-order valence-corrected chi connectivity index (χ0v) is 16.0. The van der Waals surface area contributed by atoms with E-state index in [2.05, 4.69) is 60.4 Å². The topological polar surface area (TPSA) is 29.3 Å².